The van der Waals surface area contributed by atoms with Gasteiger partial charge in [0, 0.05) is 28.6 Å². The lowest BCUT2D eigenvalue weighted by Crippen LogP contribution is -2.15. The first-order valence-electron chi connectivity index (χ1n) is 7.74. The third kappa shape index (κ3) is 4.50. The number of hydrogen-bond donors (Lipinski definition) is 2. The standard InChI is InChI=1S/C18H18N2O2S2/c21-18(22)16-8-7-15(24-16)2-1-9-19-12-13-3-5-14(6-4-13)17-20-10-11-23-17/h3-8,10-11,19H,1-2,9,12H2,(H,21,22). The van der Waals surface area contributed by atoms with Gasteiger partial charge < -0.3 is 10.4 Å². The molecule has 2 aromatic heterocycles. The van der Waals surface area contributed by atoms with Crippen molar-refractivity contribution in [3.8, 4) is 10.6 Å². The molecule has 0 aliphatic heterocycles. The maximum absolute atomic E-state index is 10.8. The number of carboxylic acid groups (broad SMARTS) is 1. The Balaban J connectivity index is 1.39. The van der Waals surface area contributed by atoms with Crippen molar-refractivity contribution in [3.63, 3.8) is 0 Å². The van der Waals surface area contributed by atoms with Crippen molar-refractivity contribution in [1.29, 1.82) is 0 Å². The zero-order valence-electron chi connectivity index (χ0n) is 13.1. The van der Waals surface area contributed by atoms with E-state index in [1.54, 1.807) is 17.4 Å². The van der Waals surface area contributed by atoms with Gasteiger partial charge >= 0.3 is 5.97 Å². The maximum Gasteiger partial charge on any atom is 0.345 e. The van der Waals surface area contributed by atoms with Gasteiger partial charge in [0.1, 0.15) is 9.88 Å². The summed E-state index contributed by atoms with van der Waals surface area (Å²) in [6.07, 6.45) is 3.73. The first kappa shape index (κ1) is 16.8. The van der Waals surface area contributed by atoms with Gasteiger partial charge in [-0.1, -0.05) is 24.3 Å². The van der Waals surface area contributed by atoms with Crippen LogP contribution in [0.25, 0.3) is 10.6 Å². The van der Waals surface area contributed by atoms with Crippen molar-refractivity contribution < 1.29 is 9.90 Å². The Labute approximate surface area is 148 Å². The van der Waals surface area contributed by atoms with Crippen LogP contribution < -0.4 is 5.32 Å². The Bertz CT molecular complexity index is 780. The minimum absolute atomic E-state index is 0.415. The van der Waals surface area contributed by atoms with Crippen molar-refractivity contribution in [1.82, 2.24) is 10.3 Å². The Morgan fingerprint density at radius 3 is 2.67 bits per heavy atom. The fourth-order valence-electron chi connectivity index (χ4n) is 2.38. The van der Waals surface area contributed by atoms with E-state index in [0.717, 1.165) is 41.4 Å². The molecule has 3 aromatic rings. The van der Waals surface area contributed by atoms with Crippen LogP contribution in [0.2, 0.25) is 0 Å². The minimum Gasteiger partial charge on any atom is -0.477 e. The molecular weight excluding hydrogens is 340 g/mol. The summed E-state index contributed by atoms with van der Waals surface area (Å²) in [6, 6.07) is 12.1. The number of benzene rings is 1. The number of aryl methyl sites for hydroxylation is 1. The molecule has 1 aromatic carbocycles. The molecule has 0 saturated heterocycles. The van der Waals surface area contributed by atoms with E-state index in [2.05, 4.69) is 34.6 Å². The SMILES string of the molecule is O=C(O)c1ccc(CCCNCc2ccc(-c3nccs3)cc2)s1. The van der Waals surface area contributed by atoms with Gasteiger partial charge in [-0.25, -0.2) is 9.78 Å². The highest BCUT2D eigenvalue weighted by Gasteiger charge is 2.06. The smallest absolute Gasteiger partial charge is 0.345 e. The fraction of sp³-hybridized carbons (Fsp3) is 0.222. The molecule has 0 bridgehead atoms. The molecular formula is C18H18N2O2S2. The topological polar surface area (TPSA) is 62.2 Å². The molecule has 3 rings (SSSR count). The molecule has 2 heterocycles. The molecule has 0 unspecified atom stereocenters. The number of aromatic nitrogens is 1. The summed E-state index contributed by atoms with van der Waals surface area (Å²) < 4.78 is 0. The molecule has 0 fully saturated rings. The first-order chi connectivity index (χ1) is 11.7. The number of aromatic carboxylic acids is 1. The second-order valence-electron chi connectivity index (χ2n) is 5.39. The highest BCUT2D eigenvalue weighted by Crippen LogP contribution is 2.21. The minimum atomic E-state index is -0.842. The van der Waals surface area contributed by atoms with Crippen LogP contribution in [0.15, 0.2) is 48.0 Å². The Hall–Kier alpha value is -2.02. The number of carboxylic acids is 1. The molecule has 0 spiro atoms. The summed E-state index contributed by atoms with van der Waals surface area (Å²) in [5, 5.41) is 15.4. The molecule has 6 heteroatoms. The van der Waals surface area contributed by atoms with Crippen LogP contribution in [0.3, 0.4) is 0 Å². The molecule has 124 valence electrons. The van der Waals surface area contributed by atoms with E-state index >= 15 is 0 Å². The van der Waals surface area contributed by atoms with Gasteiger partial charge in [0.15, 0.2) is 0 Å². The van der Waals surface area contributed by atoms with Crippen molar-refractivity contribution in [2.45, 2.75) is 19.4 Å². The van der Waals surface area contributed by atoms with Gasteiger partial charge in [-0.05, 0) is 37.1 Å². The summed E-state index contributed by atoms with van der Waals surface area (Å²) in [4.78, 5) is 16.7. The molecule has 4 nitrogen and oxygen atoms in total. The third-order valence-electron chi connectivity index (χ3n) is 3.61. The molecule has 24 heavy (non-hydrogen) atoms. The van der Waals surface area contributed by atoms with Crippen molar-refractivity contribution >= 4 is 28.6 Å². The summed E-state index contributed by atoms with van der Waals surface area (Å²) in [5.41, 5.74) is 2.40. The fourth-order valence-corrected chi connectivity index (χ4v) is 3.91. The predicted octanol–water partition coefficient (Wildman–Crippen LogP) is 4.29. The van der Waals surface area contributed by atoms with Crippen LogP contribution in [-0.4, -0.2) is 22.6 Å². The highest BCUT2D eigenvalue weighted by molar-refractivity contribution is 7.14. The summed E-state index contributed by atoms with van der Waals surface area (Å²) in [5.74, 6) is -0.842. The number of carbonyl (C=O) groups is 1. The zero-order chi connectivity index (χ0) is 16.8. The Morgan fingerprint density at radius 1 is 1.17 bits per heavy atom. The molecule has 0 atom stereocenters. The van der Waals surface area contributed by atoms with Crippen LogP contribution >= 0.6 is 22.7 Å². The van der Waals surface area contributed by atoms with Crippen molar-refractivity contribution in [3.05, 3.63) is 63.3 Å². The lowest BCUT2D eigenvalue weighted by molar-refractivity contribution is 0.0702. The summed E-state index contributed by atoms with van der Waals surface area (Å²) >= 11 is 3.01. The highest BCUT2D eigenvalue weighted by atomic mass is 32.1. The lowest BCUT2D eigenvalue weighted by atomic mass is 10.1. The molecule has 0 amide bonds. The van der Waals surface area contributed by atoms with Crippen molar-refractivity contribution in [2.75, 3.05) is 6.54 Å². The van der Waals surface area contributed by atoms with E-state index in [4.69, 9.17) is 5.11 Å². The van der Waals surface area contributed by atoms with Gasteiger partial charge in [0.2, 0.25) is 0 Å². The third-order valence-corrected chi connectivity index (χ3v) is 5.57. The molecule has 0 radical (unpaired) electrons. The van der Waals surface area contributed by atoms with Gasteiger partial charge in [-0.2, -0.15) is 0 Å². The van der Waals surface area contributed by atoms with Crippen LogP contribution in [0, 0.1) is 0 Å². The number of hydrogen-bond acceptors (Lipinski definition) is 5. The molecule has 2 N–H and O–H groups in total. The van der Waals surface area contributed by atoms with Crippen LogP contribution in [0.4, 0.5) is 0 Å². The number of rotatable bonds is 8. The van der Waals surface area contributed by atoms with Crippen LogP contribution in [0.1, 0.15) is 26.5 Å². The average molecular weight is 358 g/mol. The first-order valence-corrected chi connectivity index (χ1v) is 9.43. The lowest BCUT2D eigenvalue weighted by Gasteiger charge is -2.05. The van der Waals surface area contributed by atoms with Gasteiger partial charge in [-0.3, -0.25) is 0 Å². The number of thiophene rings is 1. The summed E-state index contributed by atoms with van der Waals surface area (Å²) in [7, 11) is 0. The Morgan fingerprint density at radius 2 is 2.00 bits per heavy atom. The molecule has 0 aliphatic rings. The zero-order valence-corrected chi connectivity index (χ0v) is 14.7. The number of nitrogens with zero attached hydrogens (tertiary/aromatic N) is 1. The van der Waals surface area contributed by atoms with Crippen LogP contribution in [-0.2, 0) is 13.0 Å². The van der Waals surface area contributed by atoms with E-state index in [0.29, 0.717) is 4.88 Å². The largest absolute Gasteiger partial charge is 0.477 e. The number of nitrogens with one attached hydrogen (secondary N) is 1. The van der Waals surface area contributed by atoms with Crippen LogP contribution in [0.5, 0.6) is 0 Å². The maximum atomic E-state index is 10.8. The monoisotopic (exact) mass is 358 g/mol. The quantitative estimate of drug-likeness (QED) is 0.590. The summed E-state index contributed by atoms with van der Waals surface area (Å²) in [6.45, 7) is 1.75. The average Bonchev–Trinajstić information content (AvgIpc) is 3.27. The van der Waals surface area contributed by atoms with E-state index in [-0.39, 0.29) is 0 Å². The van der Waals surface area contributed by atoms with Gasteiger partial charge in [0.05, 0.1) is 0 Å². The predicted molar refractivity (Wildman–Crippen MR) is 98.9 cm³/mol. The second-order valence-corrected chi connectivity index (χ2v) is 7.45. The second kappa shape index (κ2) is 8.19. The molecule has 0 aliphatic carbocycles. The molecule has 0 saturated carbocycles. The number of thiazole rings is 1. The Kier molecular flexibility index (Phi) is 5.74. The van der Waals surface area contributed by atoms with E-state index in [9.17, 15) is 4.79 Å². The van der Waals surface area contributed by atoms with Crippen molar-refractivity contribution in [2.24, 2.45) is 0 Å². The normalized spacial score (nSPS) is 10.8. The van der Waals surface area contributed by atoms with E-state index < -0.39 is 5.97 Å². The van der Waals surface area contributed by atoms with Gasteiger partial charge in [-0.15, -0.1) is 22.7 Å². The van der Waals surface area contributed by atoms with Gasteiger partial charge in [0.25, 0.3) is 0 Å². The van der Waals surface area contributed by atoms with E-state index in [1.165, 1.54) is 16.9 Å². The van der Waals surface area contributed by atoms with E-state index in [1.807, 2.05) is 17.6 Å².